The van der Waals surface area contributed by atoms with E-state index in [0.717, 1.165) is 18.0 Å². The Balaban J connectivity index is 1.87. The zero-order valence-electron chi connectivity index (χ0n) is 7.74. The molecule has 0 unspecified atom stereocenters. The van der Waals surface area contributed by atoms with Crippen LogP contribution in [0.25, 0.3) is 0 Å². The second-order valence-corrected chi connectivity index (χ2v) is 4.30. The van der Waals surface area contributed by atoms with Crippen molar-refractivity contribution in [2.24, 2.45) is 0 Å². The summed E-state index contributed by atoms with van der Waals surface area (Å²) in [7, 11) is 0. The predicted octanol–water partition coefficient (Wildman–Crippen LogP) is 2.29. The first-order valence-electron chi connectivity index (χ1n) is 5.24. The van der Waals surface area contributed by atoms with Crippen LogP contribution < -0.4 is 5.32 Å². The van der Waals surface area contributed by atoms with E-state index in [0.29, 0.717) is 0 Å². The van der Waals surface area contributed by atoms with Crippen LogP contribution in [0, 0.1) is 0 Å². The second kappa shape index (κ2) is 2.85. The van der Waals surface area contributed by atoms with Crippen LogP contribution in [0.2, 0.25) is 0 Å². The highest BCUT2D eigenvalue weighted by molar-refractivity contribution is 5.24. The van der Waals surface area contributed by atoms with Gasteiger partial charge in [-0.15, -0.1) is 0 Å². The highest BCUT2D eigenvalue weighted by atomic mass is 15.0. The van der Waals surface area contributed by atoms with Crippen LogP contribution in [0.1, 0.15) is 30.7 Å². The SMILES string of the molecule is c1ccc([C@H]2C[C@@H]3CC[C@@H]2N3)cc1. The van der Waals surface area contributed by atoms with Crippen molar-refractivity contribution < 1.29 is 0 Å². The van der Waals surface area contributed by atoms with Gasteiger partial charge in [-0.1, -0.05) is 30.3 Å². The summed E-state index contributed by atoms with van der Waals surface area (Å²) in [6, 6.07) is 12.5. The maximum Gasteiger partial charge on any atom is 0.0139 e. The summed E-state index contributed by atoms with van der Waals surface area (Å²) in [4.78, 5) is 0. The van der Waals surface area contributed by atoms with Crippen molar-refractivity contribution in [1.29, 1.82) is 0 Å². The third-order valence-corrected chi connectivity index (χ3v) is 3.53. The molecular formula is C12H15N. The molecule has 0 aliphatic carbocycles. The highest BCUT2D eigenvalue weighted by Gasteiger charge is 2.39. The van der Waals surface area contributed by atoms with Gasteiger partial charge in [0.25, 0.3) is 0 Å². The number of hydrogen-bond acceptors (Lipinski definition) is 1. The summed E-state index contributed by atoms with van der Waals surface area (Å²) in [5.41, 5.74) is 1.53. The monoisotopic (exact) mass is 173 g/mol. The lowest BCUT2D eigenvalue weighted by molar-refractivity contribution is 0.506. The highest BCUT2D eigenvalue weighted by Crippen LogP contribution is 2.39. The third kappa shape index (κ3) is 1.19. The Morgan fingerprint density at radius 1 is 1.08 bits per heavy atom. The summed E-state index contributed by atoms with van der Waals surface area (Å²) in [6.45, 7) is 0. The van der Waals surface area contributed by atoms with Crippen molar-refractivity contribution in [2.75, 3.05) is 0 Å². The first kappa shape index (κ1) is 7.57. The average Bonchev–Trinajstić information content (AvgIpc) is 2.80. The van der Waals surface area contributed by atoms with E-state index in [2.05, 4.69) is 35.6 Å². The maximum absolute atomic E-state index is 3.68. The van der Waals surface area contributed by atoms with Gasteiger partial charge in [0.15, 0.2) is 0 Å². The van der Waals surface area contributed by atoms with Gasteiger partial charge in [-0.2, -0.15) is 0 Å². The Hall–Kier alpha value is -0.820. The fraction of sp³-hybridized carbons (Fsp3) is 0.500. The van der Waals surface area contributed by atoms with Crippen LogP contribution in [0.15, 0.2) is 30.3 Å². The lowest BCUT2D eigenvalue weighted by atomic mass is 9.84. The van der Waals surface area contributed by atoms with E-state index in [1.165, 1.54) is 24.8 Å². The standard InChI is InChI=1S/C12H15N/c1-2-4-9(5-3-1)11-8-10-6-7-12(11)13-10/h1-5,10-13H,6-8H2/t10-,11+,12-/m0/s1. The molecule has 2 saturated heterocycles. The third-order valence-electron chi connectivity index (χ3n) is 3.53. The van der Waals surface area contributed by atoms with Gasteiger partial charge >= 0.3 is 0 Å². The number of fused-ring (bicyclic) bond motifs is 2. The van der Waals surface area contributed by atoms with E-state index in [1.807, 2.05) is 0 Å². The summed E-state index contributed by atoms with van der Waals surface area (Å²) >= 11 is 0. The molecule has 2 bridgehead atoms. The van der Waals surface area contributed by atoms with Gasteiger partial charge in [-0.3, -0.25) is 0 Å². The lowest BCUT2D eigenvalue weighted by Crippen LogP contribution is -2.21. The van der Waals surface area contributed by atoms with Gasteiger partial charge in [0.2, 0.25) is 0 Å². The van der Waals surface area contributed by atoms with Crippen molar-refractivity contribution in [3.8, 4) is 0 Å². The number of nitrogens with one attached hydrogen (secondary N) is 1. The quantitative estimate of drug-likeness (QED) is 0.687. The summed E-state index contributed by atoms with van der Waals surface area (Å²) < 4.78 is 0. The molecule has 2 heterocycles. The van der Waals surface area contributed by atoms with E-state index in [9.17, 15) is 0 Å². The van der Waals surface area contributed by atoms with Crippen LogP contribution in [0.4, 0.5) is 0 Å². The van der Waals surface area contributed by atoms with Gasteiger partial charge in [-0.25, -0.2) is 0 Å². The van der Waals surface area contributed by atoms with Gasteiger partial charge in [0, 0.05) is 18.0 Å². The summed E-state index contributed by atoms with van der Waals surface area (Å²) in [5, 5.41) is 3.68. The largest absolute Gasteiger partial charge is 0.311 e. The molecule has 68 valence electrons. The van der Waals surface area contributed by atoms with E-state index in [4.69, 9.17) is 0 Å². The lowest BCUT2D eigenvalue weighted by Gasteiger charge is -2.20. The molecular weight excluding hydrogens is 158 g/mol. The van der Waals surface area contributed by atoms with Crippen LogP contribution in [-0.4, -0.2) is 12.1 Å². The van der Waals surface area contributed by atoms with Crippen molar-refractivity contribution in [2.45, 2.75) is 37.3 Å². The first-order chi connectivity index (χ1) is 6.43. The van der Waals surface area contributed by atoms with Crippen molar-refractivity contribution in [1.82, 2.24) is 5.32 Å². The second-order valence-electron chi connectivity index (χ2n) is 4.30. The molecule has 0 spiro atoms. The molecule has 1 heteroatoms. The molecule has 0 radical (unpaired) electrons. The molecule has 3 atom stereocenters. The Kier molecular flexibility index (Phi) is 1.66. The molecule has 13 heavy (non-hydrogen) atoms. The maximum atomic E-state index is 3.68. The van der Waals surface area contributed by atoms with Crippen LogP contribution in [0.5, 0.6) is 0 Å². The van der Waals surface area contributed by atoms with E-state index in [-0.39, 0.29) is 0 Å². The fourth-order valence-corrected chi connectivity index (χ4v) is 2.89. The minimum Gasteiger partial charge on any atom is -0.311 e. The van der Waals surface area contributed by atoms with E-state index < -0.39 is 0 Å². The minimum atomic E-state index is 0.771. The Morgan fingerprint density at radius 2 is 1.92 bits per heavy atom. The molecule has 2 aliphatic heterocycles. The molecule has 1 N–H and O–H groups in total. The Morgan fingerprint density at radius 3 is 2.54 bits per heavy atom. The van der Waals surface area contributed by atoms with Crippen molar-refractivity contribution in [3.05, 3.63) is 35.9 Å². The molecule has 1 nitrogen and oxygen atoms in total. The molecule has 3 rings (SSSR count). The minimum absolute atomic E-state index is 0.771. The van der Waals surface area contributed by atoms with Crippen molar-refractivity contribution in [3.63, 3.8) is 0 Å². The van der Waals surface area contributed by atoms with Gasteiger partial charge in [0.05, 0.1) is 0 Å². The normalized spacial score (nSPS) is 36.8. The smallest absolute Gasteiger partial charge is 0.0139 e. The van der Waals surface area contributed by atoms with Gasteiger partial charge in [-0.05, 0) is 24.8 Å². The summed E-state index contributed by atoms with van der Waals surface area (Å²) in [5.74, 6) is 0.792. The van der Waals surface area contributed by atoms with Gasteiger partial charge in [0.1, 0.15) is 0 Å². The predicted molar refractivity (Wildman–Crippen MR) is 53.7 cm³/mol. The molecule has 2 fully saturated rings. The average molecular weight is 173 g/mol. The molecule has 1 aromatic carbocycles. The molecule has 0 amide bonds. The molecule has 2 aliphatic rings. The number of hydrogen-bond donors (Lipinski definition) is 1. The number of rotatable bonds is 1. The Bertz CT molecular complexity index is 293. The summed E-state index contributed by atoms with van der Waals surface area (Å²) in [6.07, 6.45) is 4.13. The fourth-order valence-electron chi connectivity index (χ4n) is 2.89. The van der Waals surface area contributed by atoms with Gasteiger partial charge < -0.3 is 5.32 Å². The molecule has 0 aromatic heterocycles. The van der Waals surface area contributed by atoms with E-state index in [1.54, 1.807) is 0 Å². The Labute approximate surface area is 79.2 Å². The topological polar surface area (TPSA) is 12.0 Å². The zero-order valence-corrected chi connectivity index (χ0v) is 7.74. The van der Waals surface area contributed by atoms with E-state index >= 15 is 0 Å². The van der Waals surface area contributed by atoms with Crippen LogP contribution in [-0.2, 0) is 0 Å². The van der Waals surface area contributed by atoms with Crippen LogP contribution >= 0.6 is 0 Å². The van der Waals surface area contributed by atoms with Crippen molar-refractivity contribution >= 4 is 0 Å². The molecule has 0 saturated carbocycles. The zero-order chi connectivity index (χ0) is 8.67. The first-order valence-corrected chi connectivity index (χ1v) is 5.24. The van der Waals surface area contributed by atoms with Crippen LogP contribution in [0.3, 0.4) is 0 Å². The molecule has 1 aromatic rings. The number of benzene rings is 1.